The van der Waals surface area contributed by atoms with Crippen molar-refractivity contribution in [3.63, 3.8) is 0 Å². The Balaban J connectivity index is 1.31. The highest BCUT2D eigenvalue weighted by molar-refractivity contribution is 5.95. The van der Waals surface area contributed by atoms with E-state index >= 15 is 0 Å². The molecule has 2 aromatic carbocycles. The minimum atomic E-state index is -0.682. The fourth-order valence-corrected chi connectivity index (χ4v) is 4.58. The number of hydrogen-bond donors (Lipinski definition) is 0. The second kappa shape index (κ2) is 11.4. The Labute approximate surface area is 233 Å². The molecule has 0 saturated carbocycles. The Hall–Kier alpha value is -4.44. The Morgan fingerprint density at radius 3 is 2.20 bits per heavy atom. The van der Waals surface area contributed by atoms with Gasteiger partial charge >= 0.3 is 6.16 Å². The van der Waals surface area contributed by atoms with Crippen LogP contribution in [0.15, 0.2) is 61.1 Å². The Kier molecular flexibility index (Phi) is 7.70. The molecule has 4 aromatic rings. The van der Waals surface area contributed by atoms with E-state index in [0.29, 0.717) is 37.7 Å². The van der Waals surface area contributed by atoms with Crippen molar-refractivity contribution in [1.82, 2.24) is 20.0 Å². The van der Waals surface area contributed by atoms with Gasteiger partial charge in [0, 0.05) is 35.8 Å². The summed E-state index contributed by atoms with van der Waals surface area (Å²) in [5.41, 5.74) is 3.97. The molecule has 10 heteroatoms. The smallest absolute Gasteiger partial charge is 0.493 e. The molecule has 5 rings (SSSR count). The summed E-state index contributed by atoms with van der Waals surface area (Å²) < 4.78 is 16.1. The zero-order valence-electron chi connectivity index (χ0n) is 23.4. The van der Waals surface area contributed by atoms with Crippen LogP contribution in [0.5, 0.6) is 11.5 Å². The van der Waals surface area contributed by atoms with Gasteiger partial charge in [-0.25, -0.2) is 19.7 Å². The maximum Gasteiger partial charge on any atom is 0.528 e. The van der Waals surface area contributed by atoms with Crippen molar-refractivity contribution >= 4 is 22.9 Å². The van der Waals surface area contributed by atoms with Gasteiger partial charge in [0.15, 0.2) is 11.5 Å². The van der Waals surface area contributed by atoms with Gasteiger partial charge in [0.25, 0.3) is 0 Å². The van der Waals surface area contributed by atoms with Crippen molar-refractivity contribution in [2.45, 2.75) is 26.4 Å². The summed E-state index contributed by atoms with van der Waals surface area (Å²) >= 11 is 0. The highest BCUT2D eigenvalue weighted by atomic mass is 16.8. The van der Waals surface area contributed by atoms with Crippen LogP contribution in [0.25, 0.3) is 33.3 Å². The van der Waals surface area contributed by atoms with E-state index in [2.05, 4.69) is 27.0 Å². The average Bonchev–Trinajstić information content (AvgIpc) is 2.95. The summed E-state index contributed by atoms with van der Waals surface area (Å²) in [5, 5.41) is 2.56. The molecule has 1 saturated heterocycles. The largest absolute Gasteiger partial charge is 0.528 e. The number of aromatic nitrogens is 3. The number of methoxy groups -OCH3 is 2. The molecule has 1 aliphatic heterocycles. The van der Waals surface area contributed by atoms with Crippen molar-refractivity contribution in [1.29, 1.82) is 0 Å². The second-order valence-corrected chi connectivity index (χ2v) is 10.4. The number of rotatable bonds is 6. The molecule has 0 unspecified atom stereocenters. The summed E-state index contributed by atoms with van der Waals surface area (Å²) in [7, 11) is 3.23. The van der Waals surface area contributed by atoms with Crippen LogP contribution >= 0.6 is 0 Å². The molecule has 0 radical (unpaired) electrons. The molecule has 3 heterocycles. The summed E-state index contributed by atoms with van der Waals surface area (Å²) in [4.78, 5) is 33.2. The quantitative estimate of drug-likeness (QED) is 0.295. The van der Waals surface area contributed by atoms with E-state index in [4.69, 9.17) is 24.0 Å². The maximum absolute atomic E-state index is 12.0. The fraction of sp³-hybridized carbons (Fsp3) is 0.333. The lowest BCUT2D eigenvalue weighted by Crippen LogP contribution is -2.47. The van der Waals surface area contributed by atoms with E-state index in [1.165, 1.54) is 0 Å². The van der Waals surface area contributed by atoms with Crippen LogP contribution in [-0.2, 0) is 9.57 Å². The predicted octanol–water partition coefficient (Wildman–Crippen LogP) is 5.36. The molecule has 208 valence electrons. The summed E-state index contributed by atoms with van der Waals surface area (Å²) in [6.45, 7) is 7.91. The standard InChI is InChI=1S/C30H33N5O5/c1-30(2,3)39-29(36)40-35-14-12-34(13-15-35)27-11-8-22(18-31-27)20-6-9-24-23(16-20)28(33-19-32-24)21-7-10-25(37-4)26(17-21)38-5/h6-11,16-19H,12-15H2,1-5H3. The van der Waals surface area contributed by atoms with Crippen LogP contribution in [0, 0.1) is 0 Å². The minimum Gasteiger partial charge on any atom is -0.493 e. The third-order valence-corrected chi connectivity index (χ3v) is 6.53. The van der Waals surface area contributed by atoms with Crippen molar-refractivity contribution in [3.8, 4) is 33.9 Å². The first-order valence-corrected chi connectivity index (χ1v) is 13.1. The topological polar surface area (TPSA) is 99.1 Å². The number of ether oxygens (including phenoxy) is 3. The highest BCUT2D eigenvalue weighted by Crippen LogP contribution is 2.35. The molecule has 1 fully saturated rings. The molecule has 0 N–H and O–H groups in total. The normalized spacial score (nSPS) is 14.2. The minimum absolute atomic E-state index is 0.562. The first kappa shape index (κ1) is 27.1. The number of anilines is 1. The van der Waals surface area contributed by atoms with Crippen molar-refractivity contribution in [2.24, 2.45) is 0 Å². The van der Waals surface area contributed by atoms with E-state index in [0.717, 1.165) is 39.1 Å². The first-order valence-electron chi connectivity index (χ1n) is 13.1. The van der Waals surface area contributed by atoms with E-state index in [1.807, 2.05) is 63.4 Å². The number of carbonyl (C=O) groups excluding carboxylic acids is 1. The summed E-state index contributed by atoms with van der Waals surface area (Å²) in [6.07, 6.45) is 2.77. The summed E-state index contributed by atoms with van der Waals surface area (Å²) in [6, 6.07) is 16.0. The van der Waals surface area contributed by atoms with Crippen LogP contribution in [0.1, 0.15) is 20.8 Å². The second-order valence-electron chi connectivity index (χ2n) is 10.4. The van der Waals surface area contributed by atoms with Gasteiger partial charge in [0.1, 0.15) is 17.7 Å². The van der Waals surface area contributed by atoms with Crippen LogP contribution in [0.4, 0.5) is 10.6 Å². The number of benzene rings is 2. The van der Waals surface area contributed by atoms with Crippen molar-refractivity contribution in [3.05, 3.63) is 61.1 Å². The molecular weight excluding hydrogens is 510 g/mol. The van der Waals surface area contributed by atoms with Crippen LogP contribution in [0.3, 0.4) is 0 Å². The predicted molar refractivity (Wildman–Crippen MR) is 152 cm³/mol. The molecule has 40 heavy (non-hydrogen) atoms. The van der Waals surface area contributed by atoms with Crippen LogP contribution in [0.2, 0.25) is 0 Å². The molecule has 0 amide bonds. The average molecular weight is 544 g/mol. The molecule has 1 aliphatic rings. The Morgan fingerprint density at radius 1 is 0.800 bits per heavy atom. The van der Waals surface area contributed by atoms with Crippen molar-refractivity contribution < 1.29 is 23.8 Å². The molecule has 0 aliphatic carbocycles. The van der Waals surface area contributed by atoms with E-state index in [-0.39, 0.29) is 0 Å². The molecule has 10 nitrogen and oxygen atoms in total. The first-order chi connectivity index (χ1) is 19.2. The Bertz CT molecular complexity index is 1500. The highest BCUT2D eigenvalue weighted by Gasteiger charge is 2.24. The van der Waals surface area contributed by atoms with Gasteiger partial charge in [-0.1, -0.05) is 6.07 Å². The molecular formula is C30H33N5O5. The maximum atomic E-state index is 12.0. The van der Waals surface area contributed by atoms with E-state index in [1.54, 1.807) is 25.6 Å². The van der Waals surface area contributed by atoms with Gasteiger partial charge in [0.05, 0.1) is 38.5 Å². The number of hydrogen-bond acceptors (Lipinski definition) is 10. The number of hydroxylamine groups is 2. The van der Waals surface area contributed by atoms with Gasteiger partial charge in [-0.2, -0.15) is 0 Å². The van der Waals surface area contributed by atoms with Gasteiger partial charge in [-0.3, -0.25) is 0 Å². The molecule has 2 aromatic heterocycles. The number of nitrogens with zero attached hydrogens (tertiary/aromatic N) is 5. The molecule has 0 bridgehead atoms. The Morgan fingerprint density at radius 2 is 1.52 bits per heavy atom. The number of pyridine rings is 1. The third kappa shape index (κ3) is 6.07. The molecule has 0 atom stereocenters. The van der Waals surface area contributed by atoms with Crippen molar-refractivity contribution in [2.75, 3.05) is 45.3 Å². The van der Waals surface area contributed by atoms with Crippen LogP contribution in [-0.4, -0.2) is 72.2 Å². The monoisotopic (exact) mass is 543 g/mol. The van der Waals surface area contributed by atoms with Gasteiger partial charge in [-0.15, -0.1) is 5.06 Å². The van der Waals surface area contributed by atoms with E-state index < -0.39 is 11.8 Å². The summed E-state index contributed by atoms with van der Waals surface area (Å²) in [5.74, 6) is 2.17. The number of carbonyl (C=O) groups is 1. The number of fused-ring (bicyclic) bond motifs is 1. The van der Waals surface area contributed by atoms with Gasteiger partial charge in [0.2, 0.25) is 0 Å². The lowest BCUT2D eigenvalue weighted by molar-refractivity contribution is -0.144. The van der Waals surface area contributed by atoms with Crippen LogP contribution < -0.4 is 14.4 Å². The lowest BCUT2D eigenvalue weighted by atomic mass is 10.0. The molecule has 0 spiro atoms. The number of piperazine rings is 1. The zero-order chi connectivity index (χ0) is 28.3. The third-order valence-electron chi connectivity index (χ3n) is 6.53. The van der Waals surface area contributed by atoms with Gasteiger partial charge < -0.3 is 23.9 Å². The lowest BCUT2D eigenvalue weighted by Gasteiger charge is -2.34. The zero-order valence-corrected chi connectivity index (χ0v) is 23.4. The van der Waals surface area contributed by atoms with Gasteiger partial charge in [-0.05, 0) is 68.8 Å². The SMILES string of the molecule is COc1ccc(-c2ncnc3ccc(-c4ccc(N5CCN(OC(=O)OC(C)(C)C)CC5)nc4)cc23)cc1OC. The van der Waals surface area contributed by atoms with E-state index in [9.17, 15) is 4.79 Å². The fourth-order valence-electron chi connectivity index (χ4n) is 4.58.